The van der Waals surface area contributed by atoms with Gasteiger partial charge in [-0.3, -0.25) is 0 Å². The molecule has 0 heterocycles. The van der Waals surface area contributed by atoms with E-state index in [0.717, 1.165) is 24.2 Å². The quantitative estimate of drug-likeness (QED) is 0.564. The van der Waals surface area contributed by atoms with Gasteiger partial charge in [0.15, 0.2) is 0 Å². The molecule has 0 bridgehead atoms. The molecule has 0 saturated carbocycles. The summed E-state index contributed by atoms with van der Waals surface area (Å²) in [7, 11) is 0. The number of rotatable bonds is 5. The second-order valence-electron chi connectivity index (χ2n) is 3.89. The molecule has 67 valence electrons. The van der Waals surface area contributed by atoms with Crippen LogP contribution in [0.5, 0.6) is 0 Å². The van der Waals surface area contributed by atoms with E-state index in [0.29, 0.717) is 0 Å². The minimum absolute atomic E-state index is 0.788. The van der Waals surface area contributed by atoms with Gasteiger partial charge in [-0.1, -0.05) is 53.9 Å². The van der Waals surface area contributed by atoms with E-state index in [4.69, 9.17) is 0 Å². The molecule has 0 spiro atoms. The lowest BCUT2D eigenvalue weighted by molar-refractivity contribution is 0.265. The fourth-order valence-electron chi connectivity index (χ4n) is 1.54. The fourth-order valence-corrected chi connectivity index (χ4v) is 1.54. The molecule has 3 atom stereocenters. The molecule has 0 amide bonds. The van der Waals surface area contributed by atoms with Crippen LogP contribution in [-0.4, -0.2) is 0 Å². The van der Waals surface area contributed by atoms with Gasteiger partial charge in [-0.05, 0) is 17.8 Å². The van der Waals surface area contributed by atoms with E-state index in [1.807, 2.05) is 0 Å². The lowest BCUT2D eigenvalue weighted by Gasteiger charge is -2.24. The Bertz CT molecular complexity index is 86.0. The molecule has 0 aromatic heterocycles. The predicted octanol–water partition coefficient (Wildman–Crippen LogP) is 3.92. The van der Waals surface area contributed by atoms with Gasteiger partial charge >= 0.3 is 0 Å². The van der Waals surface area contributed by atoms with E-state index < -0.39 is 0 Å². The van der Waals surface area contributed by atoms with Crippen molar-refractivity contribution in [1.82, 2.24) is 0 Å². The van der Waals surface area contributed by atoms with Crippen molar-refractivity contribution >= 4 is 0 Å². The molecule has 0 nitrogen and oxygen atoms in total. The molecule has 0 N–H and O–H groups in total. The zero-order valence-corrected chi connectivity index (χ0v) is 8.56. The molecule has 0 aliphatic carbocycles. The summed E-state index contributed by atoms with van der Waals surface area (Å²) in [6, 6.07) is 0. The summed E-state index contributed by atoms with van der Waals surface area (Å²) < 4.78 is 0. The van der Waals surface area contributed by atoms with Crippen molar-refractivity contribution in [2.75, 3.05) is 0 Å². The highest BCUT2D eigenvalue weighted by Gasteiger charge is 2.16. The highest BCUT2D eigenvalue weighted by atomic mass is 14.2. The number of hydrogen-bond acceptors (Lipinski definition) is 0. The van der Waals surface area contributed by atoms with Crippen molar-refractivity contribution < 1.29 is 0 Å². The summed E-state index contributed by atoms with van der Waals surface area (Å²) >= 11 is 0. The Kier molecular flexibility index (Phi) is 5.62. The first-order valence-corrected chi connectivity index (χ1v) is 4.92. The topological polar surface area (TPSA) is 0 Å². The van der Waals surface area contributed by atoms with Crippen LogP contribution in [0.15, 0.2) is 0 Å². The molecule has 0 heteroatoms. The van der Waals surface area contributed by atoms with E-state index in [1.54, 1.807) is 0 Å². The van der Waals surface area contributed by atoms with E-state index in [1.165, 1.54) is 12.8 Å². The molecule has 0 aliphatic heterocycles. The average molecular weight is 155 g/mol. The van der Waals surface area contributed by atoms with Crippen LogP contribution in [-0.2, 0) is 0 Å². The van der Waals surface area contributed by atoms with Crippen LogP contribution < -0.4 is 0 Å². The Balaban J connectivity index is 3.70. The third kappa shape index (κ3) is 3.79. The van der Waals surface area contributed by atoms with E-state index in [-0.39, 0.29) is 0 Å². The number of hydrogen-bond donors (Lipinski definition) is 0. The maximum Gasteiger partial charge on any atom is -0.0391 e. The summed E-state index contributed by atoms with van der Waals surface area (Å²) in [6.45, 7) is 13.2. The van der Waals surface area contributed by atoms with Gasteiger partial charge in [0.1, 0.15) is 0 Å². The summed E-state index contributed by atoms with van der Waals surface area (Å²) in [5, 5.41) is 0. The molecule has 0 aliphatic rings. The third-order valence-electron chi connectivity index (χ3n) is 2.99. The van der Waals surface area contributed by atoms with Crippen molar-refractivity contribution in [3.8, 4) is 0 Å². The van der Waals surface area contributed by atoms with Crippen molar-refractivity contribution in [2.45, 2.75) is 47.0 Å². The molecule has 0 fully saturated rings. The van der Waals surface area contributed by atoms with Crippen molar-refractivity contribution in [1.29, 1.82) is 0 Å². The van der Waals surface area contributed by atoms with Crippen LogP contribution in [0.2, 0.25) is 0 Å². The zero-order chi connectivity index (χ0) is 8.85. The minimum Gasteiger partial charge on any atom is -0.0654 e. The van der Waals surface area contributed by atoms with Gasteiger partial charge in [0.2, 0.25) is 0 Å². The molecule has 0 saturated heterocycles. The van der Waals surface area contributed by atoms with Gasteiger partial charge < -0.3 is 0 Å². The molecule has 1 radical (unpaired) electrons. The zero-order valence-electron chi connectivity index (χ0n) is 8.56. The summed E-state index contributed by atoms with van der Waals surface area (Å²) in [6.07, 6.45) is 3.76. The van der Waals surface area contributed by atoms with Crippen LogP contribution >= 0.6 is 0 Å². The van der Waals surface area contributed by atoms with Crippen LogP contribution in [0.25, 0.3) is 0 Å². The lowest BCUT2D eigenvalue weighted by Crippen LogP contribution is -2.15. The van der Waals surface area contributed by atoms with Crippen molar-refractivity contribution in [3.63, 3.8) is 0 Å². The molecule has 3 unspecified atom stereocenters. The third-order valence-corrected chi connectivity index (χ3v) is 2.99. The molecular weight excluding hydrogens is 132 g/mol. The van der Waals surface area contributed by atoms with Gasteiger partial charge in [0.05, 0.1) is 0 Å². The van der Waals surface area contributed by atoms with E-state index in [9.17, 15) is 0 Å². The molecule has 0 aromatic carbocycles. The van der Waals surface area contributed by atoms with Gasteiger partial charge in [0.25, 0.3) is 0 Å². The maximum absolute atomic E-state index is 3.95. The monoisotopic (exact) mass is 155 g/mol. The van der Waals surface area contributed by atoms with Gasteiger partial charge in [-0.2, -0.15) is 0 Å². The average Bonchev–Trinajstić information content (AvgIpc) is 2.02. The van der Waals surface area contributed by atoms with Crippen LogP contribution in [0.1, 0.15) is 47.0 Å². The summed E-state index contributed by atoms with van der Waals surface area (Å²) in [5.74, 6) is 2.50. The lowest BCUT2D eigenvalue weighted by atomic mass is 9.81. The highest BCUT2D eigenvalue weighted by molar-refractivity contribution is 4.68. The van der Waals surface area contributed by atoms with Gasteiger partial charge in [-0.25, -0.2) is 0 Å². The Labute approximate surface area is 72.4 Å². The van der Waals surface area contributed by atoms with E-state index in [2.05, 4.69) is 34.6 Å². The molecule has 0 rings (SSSR count). The predicted molar refractivity (Wildman–Crippen MR) is 52.4 cm³/mol. The largest absolute Gasteiger partial charge is 0.0654 e. The second-order valence-corrected chi connectivity index (χ2v) is 3.89. The second kappa shape index (κ2) is 5.62. The summed E-state index contributed by atoms with van der Waals surface area (Å²) in [5.41, 5.74) is 0. The van der Waals surface area contributed by atoms with E-state index >= 15 is 0 Å². The SMILES string of the molecule is [CH2]CC(C)C(C)C(C)CCC. The molecule has 0 aromatic rings. The maximum atomic E-state index is 3.95. The first kappa shape index (κ1) is 11.0. The summed E-state index contributed by atoms with van der Waals surface area (Å²) in [4.78, 5) is 0. The smallest absolute Gasteiger partial charge is 0.0391 e. The normalized spacial score (nSPS) is 19.4. The Morgan fingerprint density at radius 3 is 2.00 bits per heavy atom. The fraction of sp³-hybridized carbons (Fsp3) is 0.909. The Morgan fingerprint density at radius 1 is 1.09 bits per heavy atom. The Morgan fingerprint density at radius 2 is 1.64 bits per heavy atom. The molecule has 11 heavy (non-hydrogen) atoms. The molecular formula is C11H23. The Hall–Kier alpha value is 0. The van der Waals surface area contributed by atoms with Crippen molar-refractivity contribution in [2.24, 2.45) is 17.8 Å². The van der Waals surface area contributed by atoms with Crippen LogP contribution in [0.4, 0.5) is 0 Å². The standard InChI is InChI=1S/C11H23/c1-6-8-10(4)11(5)9(3)7-2/h9-11H,2,6-8H2,1,3-5H3. The van der Waals surface area contributed by atoms with Gasteiger partial charge in [0, 0.05) is 0 Å². The van der Waals surface area contributed by atoms with Crippen LogP contribution in [0, 0.1) is 24.7 Å². The highest BCUT2D eigenvalue weighted by Crippen LogP contribution is 2.25. The first-order chi connectivity index (χ1) is 5.13. The van der Waals surface area contributed by atoms with Crippen molar-refractivity contribution in [3.05, 3.63) is 6.92 Å². The van der Waals surface area contributed by atoms with Gasteiger partial charge in [-0.15, -0.1) is 0 Å². The minimum atomic E-state index is 0.788. The van der Waals surface area contributed by atoms with Crippen LogP contribution in [0.3, 0.4) is 0 Å². The first-order valence-electron chi connectivity index (χ1n) is 4.92.